The van der Waals surface area contributed by atoms with Gasteiger partial charge in [-0.05, 0) is 25.5 Å². The van der Waals surface area contributed by atoms with Crippen LogP contribution in [0.25, 0.3) is 0 Å². The molecule has 0 spiro atoms. The van der Waals surface area contributed by atoms with Gasteiger partial charge in [-0.3, -0.25) is 4.79 Å². The number of carbonyl (C=O) groups excluding carboxylic acids is 1. The van der Waals surface area contributed by atoms with Crippen molar-refractivity contribution >= 4 is 27.5 Å². The molecule has 0 aliphatic heterocycles. The van der Waals surface area contributed by atoms with Crippen molar-refractivity contribution in [2.45, 2.75) is 18.7 Å². The van der Waals surface area contributed by atoms with Crippen LogP contribution in [-0.4, -0.2) is 10.7 Å². The first-order valence-electron chi connectivity index (χ1n) is 4.12. The molecule has 0 aromatic heterocycles. The second-order valence-corrected chi connectivity index (χ2v) is 4.29. The molecule has 0 bridgehead atoms. The van der Waals surface area contributed by atoms with Gasteiger partial charge in [-0.2, -0.15) is 0 Å². The summed E-state index contributed by atoms with van der Waals surface area (Å²) in [6, 6.07) is 7.71. The van der Waals surface area contributed by atoms with Crippen molar-refractivity contribution in [3.8, 4) is 0 Å². The SMILES string of the molecule is Cc1ccccc1NC(=O)C(C)Br. The van der Waals surface area contributed by atoms with Gasteiger partial charge in [0.25, 0.3) is 0 Å². The fourth-order valence-corrected chi connectivity index (χ4v) is 1.06. The summed E-state index contributed by atoms with van der Waals surface area (Å²) in [7, 11) is 0. The van der Waals surface area contributed by atoms with Gasteiger partial charge in [-0.1, -0.05) is 34.1 Å². The maximum atomic E-state index is 11.3. The van der Waals surface area contributed by atoms with Gasteiger partial charge < -0.3 is 5.32 Å². The first kappa shape index (κ1) is 10.3. The third kappa shape index (κ3) is 2.84. The normalized spacial score (nSPS) is 12.2. The molecule has 0 aliphatic rings. The van der Waals surface area contributed by atoms with Crippen molar-refractivity contribution in [3.63, 3.8) is 0 Å². The summed E-state index contributed by atoms with van der Waals surface area (Å²) in [5.74, 6) is -0.0192. The van der Waals surface area contributed by atoms with Gasteiger partial charge in [0.1, 0.15) is 0 Å². The summed E-state index contributed by atoms with van der Waals surface area (Å²) in [5, 5.41) is 2.82. The van der Waals surface area contributed by atoms with Crippen LogP contribution in [0.4, 0.5) is 5.69 Å². The van der Waals surface area contributed by atoms with Gasteiger partial charge in [0, 0.05) is 5.69 Å². The predicted molar refractivity (Wildman–Crippen MR) is 58.2 cm³/mol. The molecule has 0 radical (unpaired) electrons. The van der Waals surface area contributed by atoms with Gasteiger partial charge in [0.15, 0.2) is 0 Å². The Morgan fingerprint density at radius 3 is 2.62 bits per heavy atom. The van der Waals surface area contributed by atoms with Gasteiger partial charge in [-0.25, -0.2) is 0 Å². The minimum absolute atomic E-state index is 0.0192. The largest absolute Gasteiger partial charge is 0.325 e. The van der Waals surface area contributed by atoms with Crippen LogP contribution in [0.2, 0.25) is 0 Å². The Morgan fingerprint density at radius 2 is 2.08 bits per heavy atom. The highest BCUT2D eigenvalue weighted by molar-refractivity contribution is 9.10. The molecule has 2 nitrogen and oxygen atoms in total. The molecule has 1 atom stereocenters. The highest BCUT2D eigenvalue weighted by Gasteiger charge is 2.08. The van der Waals surface area contributed by atoms with Crippen LogP contribution >= 0.6 is 15.9 Å². The number of rotatable bonds is 2. The molecule has 1 unspecified atom stereocenters. The molecular weight excluding hydrogens is 230 g/mol. The molecular formula is C10H12BrNO. The Labute approximate surface area is 86.5 Å². The molecule has 70 valence electrons. The van der Waals surface area contributed by atoms with E-state index >= 15 is 0 Å². The maximum absolute atomic E-state index is 11.3. The van der Waals surface area contributed by atoms with E-state index in [4.69, 9.17) is 0 Å². The van der Waals surface area contributed by atoms with E-state index in [2.05, 4.69) is 21.2 Å². The number of nitrogens with one attached hydrogen (secondary N) is 1. The zero-order chi connectivity index (χ0) is 9.84. The second-order valence-electron chi connectivity index (χ2n) is 2.92. The first-order chi connectivity index (χ1) is 6.11. The fourth-order valence-electron chi connectivity index (χ4n) is 0.945. The van der Waals surface area contributed by atoms with Crippen LogP contribution < -0.4 is 5.32 Å². The van der Waals surface area contributed by atoms with E-state index in [9.17, 15) is 4.79 Å². The molecule has 0 aliphatic carbocycles. The number of hydrogen-bond donors (Lipinski definition) is 1. The Balaban J connectivity index is 2.75. The molecule has 0 fully saturated rings. The molecule has 3 heteroatoms. The third-order valence-electron chi connectivity index (χ3n) is 1.76. The summed E-state index contributed by atoms with van der Waals surface area (Å²) >= 11 is 3.21. The molecule has 1 N–H and O–H groups in total. The number of halogens is 1. The quantitative estimate of drug-likeness (QED) is 0.793. The van der Waals surface area contributed by atoms with E-state index in [-0.39, 0.29) is 10.7 Å². The third-order valence-corrected chi connectivity index (χ3v) is 2.18. The lowest BCUT2D eigenvalue weighted by Crippen LogP contribution is -2.20. The lowest BCUT2D eigenvalue weighted by Gasteiger charge is -2.08. The number of anilines is 1. The van der Waals surface area contributed by atoms with Crippen LogP contribution in [0.1, 0.15) is 12.5 Å². The number of benzene rings is 1. The van der Waals surface area contributed by atoms with Crippen LogP contribution in [-0.2, 0) is 4.79 Å². The summed E-state index contributed by atoms with van der Waals surface area (Å²) in [6.07, 6.45) is 0. The van der Waals surface area contributed by atoms with Crippen LogP contribution in [0.3, 0.4) is 0 Å². The number of para-hydroxylation sites is 1. The van der Waals surface area contributed by atoms with E-state index in [1.165, 1.54) is 0 Å². The van der Waals surface area contributed by atoms with Crippen LogP contribution in [0.5, 0.6) is 0 Å². The van der Waals surface area contributed by atoms with Crippen LogP contribution in [0, 0.1) is 6.92 Å². The summed E-state index contributed by atoms with van der Waals surface area (Å²) in [4.78, 5) is 11.1. The summed E-state index contributed by atoms with van der Waals surface area (Å²) in [6.45, 7) is 3.77. The van der Waals surface area contributed by atoms with E-state index in [1.807, 2.05) is 31.2 Å². The summed E-state index contributed by atoms with van der Waals surface area (Å²) in [5.41, 5.74) is 1.95. The van der Waals surface area contributed by atoms with Gasteiger partial charge in [-0.15, -0.1) is 0 Å². The van der Waals surface area contributed by atoms with Crippen molar-refractivity contribution in [2.24, 2.45) is 0 Å². The average Bonchev–Trinajstić information content (AvgIpc) is 2.08. The molecule has 1 aromatic carbocycles. The topological polar surface area (TPSA) is 29.1 Å². The Morgan fingerprint density at radius 1 is 1.46 bits per heavy atom. The highest BCUT2D eigenvalue weighted by Crippen LogP contribution is 2.14. The zero-order valence-corrected chi connectivity index (χ0v) is 9.26. The number of hydrogen-bond acceptors (Lipinski definition) is 1. The number of alkyl halides is 1. The standard InChI is InChI=1S/C10H12BrNO/c1-7-5-3-4-6-9(7)12-10(13)8(2)11/h3-6,8H,1-2H3,(H,12,13). The van der Waals surface area contributed by atoms with E-state index in [1.54, 1.807) is 6.92 Å². The molecule has 1 aromatic rings. The fraction of sp³-hybridized carbons (Fsp3) is 0.300. The van der Waals surface area contributed by atoms with E-state index in [0.717, 1.165) is 11.3 Å². The molecule has 0 saturated carbocycles. The van der Waals surface area contributed by atoms with Gasteiger partial charge in [0.2, 0.25) is 5.91 Å². The maximum Gasteiger partial charge on any atom is 0.237 e. The van der Waals surface area contributed by atoms with E-state index in [0.29, 0.717) is 0 Å². The molecule has 1 amide bonds. The number of amides is 1. The molecule has 1 rings (SSSR count). The van der Waals surface area contributed by atoms with Gasteiger partial charge in [0.05, 0.1) is 4.83 Å². The van der Waals surface area contributed by atoms with Crippen molar-refractivity contribution < 1.29 is 4.79 Å². The Kier molecular flexibility index (Phi) is 3.48. The Bertz CT molecular complexity index is 310. The van der Waals surface area contributed by atoms with E-state index < -0.39 is 0 Å². The minimum atomic E-state index is -0.160. The smallest absolute Gasteiger partial charge is 0.237 e. The molecule has 0 saturated heterocycles. The first-order valence-corrected chi connectivity index (χ1v) is 5.03. The van der Waals surface area contributed by atoms with Crippen LogP contribution in [0.15, 0.2) is 24.3 Å². The lowest BCUT2D eigenvalue weighted by molar-refractivity contribution is -0.115. The molecule has 13 heavy (non-hydrogen) atoms. The van der Waals surface area contributed by atoms with Crippen molar-refractivity contribution in [3.05, 3.63) is 29.8 Å². The Hall–Kier alpha value is -0.830. The zero-order valence-electron chi connectivity index (χ0n) is 7.67. The monoisotopic (exact) mass is 241 g/mol. The average molecular weight is 242 g/mol. The second kappa shape index (κ2) is 4.42. The number of carbonyl (C=O) groups is 1. The summed E-state index contributed by atoms with van der Waals surface area (Å²) < 4.78 is 0. The minimum Gasteiger partial charge on any atom is -0.325 e. The highest BCUT2D eigenvalue weighted by atomic mass is 79.9. The van der Waals surface area contributed by atoms with Crippen molar-refractivity contribution in [1.82, 2.24) is 0 Å². The van der Waals surface area contributed by atoms with Gasteiger partial charge >= 0.3 is 0 Å². The van der Waals surface area contributed by atoms with Crippen molar-refractivity contribution in [2.75, 3.05) is 5.32 Å². The predicted octanol–water partition coefficient (Wildman–Crippen LogP) is 2.72. The number of aryl methyl sites for hydroxylation is 1. The van der Waals surface area contributed by atoms with Crippen molar-refractivity contribution in [1.29, 1.82) is 0 Å². The lowest BCUT2D eigenvalue weighted by atomic mass is 10.2. The molecule has 0 heterocycles.